The predicted molar refractivity (Wildman–Crippen MR) is 59.1 cm³/mol. The van der Waals surface area contributed by atoms with Crippen LogP contribution in [0.15, 0.2) is 12.4 Å². The molecule has 1 aromatic heterocycles. The lowest BCUT2D eigenvalue weighted by Gasteiger charge is -2.24. The highest BCUT2D eigenvalue weighted by atomic mass is 35.5. The molecule has 1 N–H and O–H groups in total. The van der Waals surface area contributed by atoms with Gasteiger partial charge in [-0.05, 0) is 19.3 Å². The molecule has 0 radical (unpaired) electrons. The Kier molecular flexibility index (Phi) is 3.38. The topological polar surface area (TPSA) is 49.2 Å². The number of aromatic nitrogens is 2. The standard InChI is InChI=1S/C10H14ClN3O/c11-9-6-13-10(7-12-9)14-4-1-2-8(14)3-5-15/h6-8,15H,1-5H2. The van der Waals surface area contributed by atoms with Crippen molar-refractivity contribution in [3.8, 4) is 0 Å². The highest BCUT2D eigenvalue weighted by Gasteiger charge is 2.24. The molecule has 4 nitrogen and oxygen atoms in total. The number of aliphatic hydroxyl groups excluding tert-OH is 1. The average Bonchev–Trinajstić information content (AvgIpc) is 2.68. The van der Waals surface area contributed by atoms with Gasteiger partial charge in [0, 0.05) is 19.2 Å². The molecule has 0 spiro atoms. The first-order valence-corrected chi connectivity index (χ1v) is 5.54. The summed E-state index contributed by atoms with van der Waals surface area (Å²) in [6.07, 6.45) is 6.31. The lowest BCUT2D eigenvalue weighted by atomic mass is 10.1. The zero-order valence-electron chi connectivity index (χ0n) is 8.43. The molecule has 1 aliphatic rings. The fourth-order valence-electron chi connectivity index (χ4n) is 2.04. The van der Waals surface area contributed by atoms with Gasteiger partial charge in [0.15, 0.2) is 0 Å². The molecule has 0 aromatic carbocycles. The summed E-state index contributed by atoms with van der Waals surface area (Å²) in [4.78, 5) is 10.5. The molecular weight excluding hydrogens is 214 g/mol. The van der Waals surface area contributed by atoms with Crippen molar-refractivity contribution in [2.24, 2.45) is 0 Å². The molecule has 1 aromatic rings. The van der Waals surface area contributed by atoms with Gasteiger partial charge in [-0.1, -0.05) is 11.6 Å². The van der Waals surface area contributed by atoms with Gasteiger partial charge in [-0.2, -0.15) is 0 Å². The Bertz CT molecular complexity index is 317. The molecule has 0 bridgehead atoms. The quantitative estimate of drug-likeness (QED) is 0.850. The molecule has 2 rings (SSSR count). The van der Waals surface area contributed by atoms with Crippen LogP contribution in [0.5, 0.6) is 0 Å². The van der Waals surface area contributed by atoms with Crippen LogP contribution in [0.3, 0.4) is 0 Å². The van der Waals surface area contributed by atoms with Crippen LogP contribution in [0.4, 0.5) is 5.82 Å². The molecule has 5 heteroatoms. The van der Waals surface area contributed by atoms with Gasteiger partial charge in [-0.3, -0.25) is 0 Å². The predicted octanol–water partition coefficient (Wildman–Crippen LogP) is 1.48. The van der Waals surface area contributed by atoms with Crippen molar-refractivity contribution < 1.29 is 5.11 Å². The van der Waals surface area contributed by atoms with Crippen molar-refractivity contribution in [3.63, 3.8) is 0 Å². The monoisotopic (exact) mass is 227 g/mol. The SMILES string of the molecule is OCCC1CCCN1c1cnc(Cl)cn1. The van der Waals surface area contributed by atoms with E-state index in [1.165, 1.54) is 0 Å². The summed E-state index contributed by atoms with van der Waals surface area (Å²) in [5.41, 5.74) is 0. The van der Waals surface area contributed by atoms with E-state index in [0.29, 0.717) is 11.2 Å². The van der Waals surface area contributed by atoms with E-state index in [0.717, 1.165) is 31.6 Å². The molecule has 0 aliphatic carbocycles. The molecule has 82 valence electrons. The molecule has 1 unspecified atom stereocenters. The Morgan fingerprint density at radius 2 is 2.33 bits per heavy atom. The van der Waals surface area contributed by atoms with Crippen LogP contribution in [0, 0.1) is 0 Å². The van der Waals surface area contributed by atoms with E-state index >= 15 is 0 Å². The Balaban J connectivity index is 2.11. The lowest BCUT2D eigenvalue weighted by molar-refractivity contribution is 0.275. The number of rotatable bonds is 3. The lowest BCUT2D eigenvalue weighted by Crippen LogP contribution is -2.30. The van der Waals surface area contributed by atoms with Crippen LogP contribution in [0.25, 0.3) is 0 Å². The summed E-state index contributed by atoms with van der Waals surface area (Å²) < 4.78 is 0. The summed E-state index contributed by atoms with van der Waals surface area (Å²) >= 11 is 5.68. The number of nitrogens with zero attached hydrogens (tertiary/aromatic N) is 3. The number of anilines is 1. The second-order valence-corrected chi connectivity index (χ2v) is 4.09. The molecule has 0 amide bonds. The maximum Gasteiger partial charge on any atom is 0.147 e. The Morgan fingerprint density at radius 1 is 1.47 bits per heavy atom. The first kappa shape index (κ1) is 10.6. The molecule has 1 aliphatic heterocycles. The van der Waals surface area contributed by atoms with E-state index < -0.39 is 0 Å². The van der Waals surface area contributed by atoms with Gasteiger partial charge >= 0.3 is 0 Å². The van der Waals surface area contributed by atoms with E-state index in [9.17, 15) is 0 Å². The summed E-state index contributed by atoms with van der Waals surface area (Å²) in [6, 6.07) is 0.394. The van der Waals surface area contributed by atoms with Crippen LogP contribution in [-0.2, 0) is 0 Å². The first-order valence-electron chi connectivity index (χ1n) is 5.16. The van der Waals surface area contributed by atoms with Crippen LogP contribution < -0.4 is 4.90 Å². The van der Waals surface area contributed by atoms with Gasteiger partial charge in [0.1, 0.15) is 11.0 Å². The molecule has 1 atom stereocenters. The second-order valence-electron chi connectivity index (χ2n) is 3.70. The van der Waals surface area contributed by atoms with E-state index in [4.69, 9.17) is 16.7 Å². The molecule has 2 heterocycles. The van der Waals surface area contributed by atoms with Crippen molar-refractivity contribution in [2.45, 2.75) is 25.3 Å². The molecule has 1 fully saturated rings. The number of hydrogen-bond acceptors (Lipinski definition) is 4. The average molecular weight is 228 g/mol. The summed E-state index contributed by atoms with van der Waals surface area (Å²) in [7, 11) is 0. The highest BCUT2D eigenvalue weighted by Crippen LogP contribution is 2.25. The third kappa shape index (κ3) is 2.38. The molecule has 15 heavy (non-hydrogen) atoms. The zero-order valence-corrected chi connectivity index (χ0v) is 9.19. The minimum Gasteiger partial charge on any atom is -0.396 e. The van der Waals surface area contributed by atoms with E-state index in [1.54, 1.807) is 12.4 Å². The Labute approximate surface area is 93.9 Å². The number of halogens is 1. The number of aliphatic hydroxyl groups is 1. The van der Waals surface area contributed by atoms with Crippen molar-refractivity contribution in [1.29, 1.82) is 0 Å². The molecule has 1 saturated heterocycles. The van der Waals surface area contributed by atoms with Crippen LogP contribution in [0.2, 0.25) is 5.15 Å². The van der Waals surface area contributed by atoms with Crippen LogP contribution >= 0.6 is 11.6 Å². The fourth-order valence-corrected chi connectivity index (χ4v) is 2.14. The zero-order chi connectivity index (χ0) is 10.7. The minimum absolute atomic E-state index is 0.224. The summed E-state index contributed by atoms with van der Waals surface area (Å²) in [5, 5.41) is 9.37. The molecule has 0 saturated carbocycles. The van der Waals surface area contributed by atoms with Gasteiger partial charge in [0.2, 0.25) is 0 Å². The Morgan fingerprint density at radius 3 is 3.00 bits per heavy atom. The Hall–Kier alpha value is -0.870. The van der Waals surface area contributed by atoms with Crippen LogP contribution in [-0.4, -0.2) is 34.3 Å². The van der Waals surface area contributed by atoms with Gasteiger partial charge in [0.25, 0.3) is 0 Å². The number of hydrogen-bond donors (Lipinski definition) is 1. The van der Waals surface area contributed by atoms with Crippen molar-refractivity contribution >= 4 is 17.4 Å². The van der Waals surface area contributed by atoms with Crippen LogP contribution in [0.1, 0.15) is 19.3 Å². The normalized spacial score (nSPS) is 20.9. The summed E-state index contributed by atoms with van der Waals surface area (Å²) in [6.45, 7) is 1.21. The van der Waals surface area contributed by atoms with E-state index in [1.807, 2.05) is 0 Å². The third-order valence-corrected chi connectivity index (χ3v) is 2.94. The highest BCUT2D eigenvalue weighted by molar-refractivity contribution is 6.29. The maximum absolute atomic E-state index is 8.95. The maximum atomic E-state index is 8.95. The smallest absolute Gasteiger partial charge is 0.147 e. The largest absolute Gasteiger partial charge is 0.396 e. The third-order valence-electron chi connectivity index (χ3n) is 2.74. The van der Waals surface area contributed by atoms with Crippen molar-refractivity contribution in [2.75, 3.05) is 18.1 Å². The minimum atomic E-state index is 0.224. The van der Waals surface area contributed by atoms with Gasteiger partial charge in [-0.25, -0.2) is 9.97 Å². The van der Waals surface area contributed by atoms with E-state index in [-0.39, 0.29) is 6.61 Å². The van der Waals surface area contributed by atoms with Gasteiger partial charge in [-0.15, -0.1) is 0 Å². The molecular formula is C10H14ClN3O. The second kappa shape index (κ2) is 4.77. The van der Waals surface area contributed by atoms with Gasteiger partial charge in [0.05, 0.1) is 12.4 Å². The summed E-state index contributed by atoms with van der Waals surface area (Å²) in [5.74, 6) is 0.857. The van der Waals surface area contributed by atoms with Gasteiger partial charge < -0.3 is 10.0 Å². The van der Waals surface area contributed by atoms with Crippen molar-refractivity contribution in [3.05, 3.63) is 17.5 Å². The fraction of sp³-hybridized carbons (Fsp3) is 0.600. The first-order chi connectivity index (χ1) is 7.31. The van der Waals surface area contributed by atoms with Crippen molar-refractivity contribution in [1.82, 2.24) is 9.97 Å². The van der Waals surface area contributed by atoms with E-state index in [2.05, 4.69) is 14.9 Å².